The fourth-order valence-electron chi connectivity index (χ4n) is 6.08. The predicted molar refractivity (Wildman–Crippen MR) is 168 cm³/mol. The van der Waals surface area contributed by atoms with Crippen LogP contribution in [0.5, 0.6) is 0 Å². The van der Waals surface area contributed by atoms with Crippen LogP contribution in [-0.2, 0) is 28.7 Å². The third-order valence-corrected chi connectivity index (χ3v) is 8.21. The fourth-order valence-corrected chi connectivity index (χ4v) is 6.08. The zero-order valence-electron chi connectivity index (χ0n) is 26.9. The van der Waals surface area contributed by atoms with Gasteiger partial charge in [-0.25, -0.2) is 0 Å². The van der Waals surface area contributed by atoms with E-state index in [0.29, 0.717) is 35.6 Å². The van der Waals surface area contributed by atoms with Crippen molar-refractivity contribution < 1.29 is 38.9 Å². The molecule has 0 bridgehead atoms. The van der Waals surface area contributed by atoms with E-state index in [1.165, 1.54) is 14.2 Å². The second kappa shape index (κ2) is 13.7. The van der Waals surface area contributed by atoms with E-state index in [1.807, 2.05) is 41.5 Å². The van der Waals surface area contributed by atoms with E-state index < -0.39 is 34.6 Å². The molecule has 0 radical (unpaired) electrons. The molecule has 2 N–H and O–H groups in total. The summed E-state index contributed by atoms with van der Waals surface area (Å²) >= 11 is 0. The van der Waals surface area contributed by atoms with Crippen molar-refractivity contribution in [3.8, 4) is 0 Å². The molecule has 0 amide bonds. The number of hydrogen-bond acceptors (Lipinski definition) is 10. The van der Waals surface area contributed by atoms with Crippen molar-refractivity contribution in [3.05, 3.63) is 46.9 Å². The van der Waals surface area contributed by atoms with E-state index in [1.54, 1.807) is 24.3 Å². The number of aliphatic hydroxyl groups excluding tert-OH is 2. The standard InChI is InChI=1S/C34H44N2O8/c1-9-11-23(37)25-21(17-33(3,4)27(29(25)39)31(41)43-7)35-19-13-15-20(16-14-19)36-22-18-34(5,6)28(32(42)44-8)30(40)26(22)24(38)12-10-2/h13-16,27-28,39-40H,9-12,17-18H2,1-8H3/t27-,28-/m1/s1. The van der Waals surface area contributed by atoms with Crippen molar-refractivity contribution in [2.75, 3.05) is 14.2 Å². The molecule has 0 saturated carbocycles. The molecule has 44 heavy (non-hydrogen) atoms. The van der Waals surface area contributed by atoms with Gasteiger partial charge in [0.1, 0.15) is 23.4 Å². The highest BCUT2D eigenvalue weighted by atomic mass is 16.5. The third-order valence-electron chi connectivity index (χ3n) is 8.21. The van der Waals surface area contributed by atoms with Crippen LogP contribution < -0.4 is 0 Å². The fraction of sp³-hybridized carbons (Fsp3) is 0.529. The lowest BCUT2D eigenvalue weighted by Gasteiger charge is -2.37. The molecule has 2 aliphatic rings. The maximum absolute atomic E-state index is 13.1. The van der Waals surface area contributed by atoms with Crippen LogP contribution in [0.15, 0.2) is 56.9 Å². The first kappa shape index (κ1) is 34.4. The van der Waals surface area contributed by atoms with Gasteiger partial charge in [-0.15, -0.1) is 0 Å². The number of carbonyl (C=O) groups excluding carboxylic acids is 4. The van der Waals surface area contributed by atoms with Crippen LogP contribution >= 0.6 is 0 Å². The molecule has 10 nitrogen and oxygen atoms in total. The summed E-state index contributed by atoms with van der Waals surface area (Å²) in [6, 6.07) is 6.81. The zero-order chi connectivity index (χ0) is 33.0. The molecule has 10 heteroatoms. The smallest absolute Gasteiger partial charge is 0.316 e. The van der Waals surface area contributed by atoms with E-state index in [2.05, 4.69) is 0 Å². The molecule has 0 fully saturated rings. The number of methoxy groups -OCH3 is 2. The number of nitrogens with zero attached hydrogens (tertiary/aromatic N) is 2. The summed E-state index contributed by atoms with van der Waals surface area (Å²) in [7, 11) is 2.50. The van der Waals surface area contributed by atoms with E-state index in [0.717, 1.165) is 0 Å². The van der Waals surface area contributed by atoms with Crippen molar-refractivity contribution in [3.63, 3.8) is 0 Å². The minimum Gasteiger partial charge on any atom is -0.511 e. The van der Waals surface area contributed by atoms with Gasteiger partial charge in [-0.1, -0.05) is 41.5 Å². The molecule has 0 spiro atoms. The number of carbonyl (C=O) groups is 4. The number of allylic oxidation sites excluding steroid dienone is 2. The summed E-state index contributed by atoms with van der Waals surface area (Å²) in [6.45, 7) is 11.0. The van der Waals surface area contributed by atoms with Crippen molar-refractivity contribution in [1.82, 2.24) is 0 Å². The van der Waals surface area contributed by atoms with Crippen LogP contribution in [0.1, 0.15) is 80.1 Å². The highest BCUT2D eigenvalue weighted by Gasteiger charge is 2.48. The number of hydrogen-bond donors (Lipinski definition) is 2. The summed E-state index contributed by atoms with van der Waals surface area (Å²) in [4.78, 5) is 60.8. The molecule has 1 aromatic rings. The van der Waals surface area contributed by atoms with Gasteiger partial charge < -0.3 is 19.7 Å². The number of aliphatic hydroxyl groups is 2. The van der Waals surface area contributed by atoms with Crippen LogP contribution in [-0.4, -0.2) is 59.4 Å². The lowest BCUT2D eigenvalue weighted by molar-refractivity contribution is -0.150. The Morgan fingerprint density at radius 2 is 1.02 bits per heavy atom. The second-order valence-electron chi connectivity index (χ2n) is 12.7. The Hall–Kier alpha value is -4.08. The topological polar surface area (TPSA) is 152 Å². The minimum atomic E-state index is -0.993. The van der Waals surface area contributed by atoms with Gasteiger partial charge in [-0.3, -0.25) is 29.2 Å². The molecule has 2 atom stereocenters. The molecular formula is C34H44N2O8. The number of aliphatic imine (C=N–C) groups is 2. The summed E-state index contributed by atoms with van der Waals surface area (Å²) in [5.74, 6) is -4.45. The maximum Gasteiger partial charge on any atom is 0.316 e. The van der Waals surface area contributed by atoms with Gasteiger partial charge in [0.2, 0.25) is 0 Å². The number of rotatable bonds is 10. The van der Waals surface area contributed by atoms with Crippen LogP contribution in [0.3, 0.4) is 0 Å². The highest BCUT2D eigenvalue weighted by molar-refractivity contribution is 6.25. The molecular weight excluding hydrogens is 564 g/mol. The lowest BCUT2D eigenvalue weighted by Crippen LogP contribution is -2.41. The van der Waals surface area contributed by atoms with Gasteiger partial charge in [0.05, 0.1) is 48.2 Å². The Balaban J connectivity index is 2.08. The van der Waals surface area contributed by atoms with E-state index >= 15 is 0 Å². The highest BCUT2D eigenvalue weighted by Crippen LogP contribution is 2.45. The Morgan fingerprint density at radius 3 is 1.30 bits per heavy atom. The number of esters is 2. The number of ketones is 2. The normalized spacial score (nSPS) is 23.1. The molecule has 2 aliphatic carbocycles. The van der Waals surface area contributed by atoms with Crippen molar-refractivity contribution in [2.24, 2.45) is 32.7 Å². The quantitative estimate of drug-likeness (QED) is 0.281. The van der Waals surface area contributed by atoms with Gasteiger partial charge in [0, 0.05) is 12.8 Å². The van der Waals surface area contributed by atoms with Crippen LogP contribution in [0, 0.1) is 22.7 Å². The zero-order valence-corrected chi connectivity index (χ0v) is 26.9. The largest absolute Gasteiger partial charge is 0.511 e. The van der Waals surface area contributed by atoms with E-state index in [9.17, 15) is 29.4 Å². The molecule has 0 unspecified atom stereocenters. The Kier molecular flexibility index (Phi) is 10.7. The van der Waals surface area contributed by atoms with Gasteiger partial charge >= 0.3 is 11.9 Å². The Morgan fingerprint density at radius 1 is 0.705 bits per heavy atom. The third kappa shape index (κ3) is 7.00. The number of benzene rings is 1. The van der Waals surface area contributed by atoms with Crippen LogP contribution in [0.4, 0.5) is 11.4 Å². The molecule has 3 rings (SSSR count). The first-order valence-corrected chi connectivity index (χ1v) is 15.0. The summed E-state index contributed by atoms with van der Waals surface area (Å²) < 4.78 is 9.86. The van der Waals surface area contributed by atoms with Gasteiger partial charge in [0.25, 0.3) is 0 Å². The molecule has 0 aromatic heterocycles. The van der Waals surface area contributed by atoms with E-state index in [-0.39, 0.29) is 59.9 Å². The monoisotopic (exact) mass is 608 g/mol. The maximum atomic E-state index is 13.1. The number of ether oxygens (including phenoxy) is 2. The molecule has 238 valence electrons. The summed E-state index contributed by atoms with van der Waals surface area (Å²) in [5, 5.41) is 22.3. The van der Waals surface area contributed by atoms with Crippen molar-refractivity contribution in [1.29, 1.82) is 0 Å². The van der Waals surface area contributed by atoms with Gasteiger partial charge in [-0.2, -0.15) is 0 Å². The number of Topliss-reactive ketones (excluding diaryl/α,β-unsaturated/α-hetero) is 2. The molecule has 1 aromatic carbocycles. The molecule has 0 heterocycles. The first-order valence-electron chi connectivity index (χ1n) is 15.0. The minimum absolute atomic E-state index is 0.0511. The molecule has 0 saturated heterocycles. The predicted octanol–water partition coefficient (Wildman–Crippen LogP) is 6.63. The first-order chi connectivity index (χ1) is 20.6. The summed E-state index contributed by atoms with van der Waals surface area (Å²) in [5.41, 5.74) is 0.349. The van der Waals surface area contributed by atoms with Crippen molar-refractivity contribution >= 4 is 46.3 Å². The Bertz CT molecular complexity index is 1330. The van der Waals surface area contributed by atoms with Gasteiger partial charge in [0.15, 0.2) is 11.6 Å². The SMILES string of the molecule is CCCC(=O)C1=C(O)[C@H](C(=O)OC)C(C)(C)CC1=Nc1ccc(N=C2CC(C)(C)[C@@H](C(=O)OC)C(O)=C2C(=O)CCC)cc1. The molecule has 0 aliphatic heterocycles. The van der Waals surface area contributed by atoms with Gasteiger partial charge in [-0.05, 0) is 60.8 Å². The average Bonchev–Trinajstić information content (AvgIpc) is 2.92. The van der Waals surface area contributed by atoms with Crippen LogP contribution in [0.2, 0.25) is 0 Å². The summed E-state index contributed by atoms with van der Waals surface area (Å²) in [6.07, 6.45) is 2.03. The average molecular weight is 609 g/mol. The van der Waals surface area contributed by atoms with E-state index in [4.69, 9.17) is 19.5 Å². The second-order valence-corrected chi connectivity index (χ2v) is 12.7. The Labute approximate surface area is 259 Å². The lowest BCUT2D eigenvalue weighted by atomic mass is 9.67. The van der Waals surface area contributed by atoms with Crippen molar-refractivity contribution in [2.45, 2.75) is 80.1 Å². The van der Waals surface area contributed by atoms with Crippen LogP contribution in [0.25, 0.3) is 0 Å².